The molecular formula is C21H15F6NO4. The van der Waals surface area contributed by atoms with Crippen molar-refractivity contribution < 1.29 is 45.8 Å². The Morgan fingerprint density at radius 3 is 2.03 bits per heavy atom. The van der Waals surface area contributed by atoms with E-state index >= 15 is 0 Å². The van der Waals surface area contributed by atoms with E-state index < -0.39 is 53.3 Å². The van der Waals surface area contributed by atoms with Crippen LogP contribution in [0.4, 0.5) is 26.3 Å². The molecule has 1 aliphatic rings. The lowest BCUT2D eigenvalue weighted by molar-refractivity contribution is -0.274. The summed E-state index contributed by atoms with van der Waals surface area (Å²) in [4.78, 5) is 24.2. The van der Waals surface area contributed by atoms with Gasteiger partial charge in [0.25, 0.3) is 5.91 Å². The third-order valence-electron chi connectivity index (χ3n) is 4.98. The van der Waals surface area contributed by atoms with Crippen molar-refractivity contribution in [1.82, 2.24) is 5.32 Å². The van der Waals surface area contributed by atoms with Gasteiger partial charge in [-0.05, 0) is 35.8 Å². The molecule has 32 heavy (non-hydrogen) atoms. The quantitative estimate of drug-likeness (QED) is 0.513. The number of aliphatic carboxylic acids is 1. The number of nitrogens with one attached hydrogen (secondary N) is 1. The maximum atomic E-state index is 14.3. The Morgan fingerprint density at radius 1 is 1.00 bits per heavy atom. The Balaban J connectivity index is 2.16. The summed E-state index contributed by atoms with van der Waals surface area (Å²) in [6, 6.07) is 8.75. The highest BCUT2D eigenvalue weighted by molar-refractivity contribution is 6.22. The van der Waals surface area contributed by atoms with E-state index in [0.717, 1.165) is 17.7 Å². The standard InChI is InChI=1S/C21H15F6NO4/c1-11-2-4-12(5-3-11)15-10-19(20(22,23)24,28-17(29)16(15)18(30)31)13-6-8-14(9-7-13)32-21(25,26)27/h2-9H,10H2,1H3,(H,28,29)(H,30,31)/t19-/m0/s1. The molecular weight excluding hydrogens is 444 g/mol. The first-order chi connectivity index (χ1) is 14.7. The van der Waals surface area contributed by atoms with Gasteiger partial charge >= 0.3 is 18.5 Å². The van der Waals surface area contributed by atoms with Gasteiger partial charge in [-0.3, -0.25) is 4.79 Å². The van der Waals surface area contributed by atoms with Crippen LogP contribution in [0.25, 0.3) is 5.57 Å². The van der Waals surface area contributed by atoms with Gasteiger partial charge in [0.2, 0.25) is 0 Å². The van der Waals surface area contributed by atoms with Crippen molar-refractivity contribution in [3.05, 3.63) is 70.8 Å². The number of halogens is 6. The largest absolute Gasteiger partial charge is 0.573 e. The highest BCUT2D eigenvalue weighted by Gasteiger charge is 2.60. The summed E-state index contributed by atoms with van der Waals surface area (Å²) in [6.07, 6.45) is -11.1. The zero-order valence-corrected chi connectivity index (χ0v) is 16.3. The molecule has 0 unspecified atom stereocenters. The second kappa shape index (κ2) is 7.88. The summed E-state index contributed by atoms with van der Waals surface area (Å²) >= 11 is 0. The SMILES string of the molecule is Cc1ccc(C2=C(C(=O)O)C(=O)N[C@@](c3ccc(OC(F)(F)F)cc3)(C(F)(F)F)C2)cc1. The molecule has 3 rings (SSSR count). The first kappa shape index (κ1) is 23.2. The Kier molecular flexibility index (Phi) is 5.71. The summed E-state index contributed by atoms with van der Waals surface area (Å²) in [6.45, 7) is 1.72. The summed E-state index contributed by atoms with van der Waals surface area (Å²) in [5.41, 5.74) is -3.98. The van der Waals surface area contributed by atoms with Crippen LogP contribution in [0.2, 0.25) is 0 Å². The van der Waals surface area contributed by atoms with Gasteiger partial charge in [0, 0.05) is 6.42 Å². The highest BCUT2D eigenvalue weighted by atomic mass is 19.4. The van der Waals surface area contributed by atoms with E-state index in [1.54, 1.807) is 24.4 Å². The van der Waals surface area contributed by atoms with Crippen molar-refractivity contribution in [3.63, 3.8) is 0 Å². The fraction of sp³-hybridized carbons (Fsp3) is 0.238. The van der Waals surface area contributed by atoms with E-state index in [1.165, 1.54) is 12.1 Å². The number of carbonyl (C=O) groups is 2. The molecule has 0 spiro atoms. The van der Waals surface area contributed by atoms with Crippen LogP contribution in [-0.2, 0) is 15.1 Å². The Hall–Kier alpha value is -3.50. The lowest BCUT2D eigenvalue weighted by atomic mass is 9.76. The molecule has 0 radical (unpaired) electrons. The van der Waals surface area contributed by atoms with Crippen LogP contribution in [-0.4, -0.2) is 29.5 Å². The Bertz CT molecular complexity index is 1070. The third-order valence-corrected chi connectivity index (χ3v) is 4.98. The van der Waals surface area contributed by atoms with E-state index in [2.05, 4.69) is 4.74 Å². The minimum atomic E-state index is -5.12. The molecule has 0 saturated carbocycles. The monoisotopic (exact) mass is 459 g/mol. The molecule has 0 aliphatic carbocycles. The van der Waals surface area contributed by atoms with Crippen LogP contribution in [0.15, 0.2) is 54.1 Å². The Labute approximate surface area is 177 Å². The third kappa shape index (κ3) is 4.41. The van der Waals surface area contributed by atoms with Crippen molar-refractivity contribution in [3.8, 4) is 5.75 Å². The summed E-state index contributed by atoms with van der Waals surface area (Å²) in [5.74, 6) is -3.92. The number of hydrogen-bond acceptors (Lipinski definition) is 3. The predicted octanol–water partition coefficient (Wildman–Crippen LogP) is 4.71. The van der Waals surface area contributed by atoms with Gasteiger partial charge < -0.3 is 15.2 Å². The lowest BCUT2D eigenvalue weighted by Gasteiger charge is -2.41. The van der Waals surface area contributed by atoms with E-state index in [4.69, 9.17) is 0 Å². The Morgan fingerprint density at radius 2 is 1.56 bits per heavy atom. The molecule has 1 aliphatic heterocycles. The minimum absolute atomic E-state index is 0.105. The number of carboxylic acid groups (broad SMARTS) is 1. The van der Waals surface area contributed by atoms with Gasteiger partial charge in [-0.25, -0.2) is 4.79 Å². The lowest BCUT2D eigenvalue weighted by Crippen LogP contribution is -2.59. The van der Waals surface area contributed by atoms with Crippen LogP contribution in [0.1, 0.15) is 23.1 Å². The second-order valence-corrected chi connectivity index (χ2v) is 7.13. The van der Waals surface area contributed by atoms with Crippen molar-refractivity contribution in [1.29, 1.82) is 0 Å². The number of alkyl halides is 6. The maximum absolute atomic E-state index is 14.3. The molecule has 170 valence electrons. The number of aryl methyl sites for hydroxylation is 1. The summed E-state index contributed by atoms with van der Waals surface area (Å²) in [7, 11) is 0. The minimum Gasteiger partial charge on any atom is -0.477 e. The average Bonchev–Trinajstić information content (AvgIpc) is 2.66. The molecule has 1 atom stereocenters. The topological polar surface area (TPSA) is 75.6 Å². The van der Waals surface area contributed by atoms with Gasteiger partial charge in [0.05, 0.1) is 0 Å². The zero-order valence-electron chi connectivity index (χ0n) is 16.3. The zero-order chi connectivity index (χ0) is 23.9. The van der Waals surface area contributed by atoms with Crippen molar-refractivity contribution in [2.75, 3.05) is 0 Å². The molecule has 0 saturated heterocycles. The van der Waals surface area contributed by atoms with Gasteiger partial charge in [0.1, 0.15) is 11.3 Å². The van der Waals surface area contributed by atoms with Crippen molar-refractivity contribution in [2.45, 2.75) is 31.4 Å². The van der Waals surface area contributed by atoms with Gasteiger partial charge in [-0.15, -0.1) is 13.2 Å². The predicted molar refractivity (Wildman–Crippen MR) is 99.4 cm³/mol. The average molecular weight is 459 g/mol. The van der Waals surface area contributed by atoms with Gasteiger partial charge in [0.15, 0.2) is 5.54 Å². The number of carboxylic acids is 1. The fourth-order valence-corrected chi connectivity index (χ4v) is 3.47. The maximum Gasteiger partial charge on any atom is 0.573 e. The number of hydrogen-bond donors (Lipinski definition) is 2. The van der Waals surface area contributed by atoms with Crippen LogP contribution >= 0.6 is 0 Å². The van der Waals surface area contributed by atoms with E-state index in [0.29, 0.717) is 12.1 Å². The summed E-state index contributed by atoms with van der Waals surface area (Å²) in [5, 5.41) is 11.2. The number of amides is 1. The molecule has 1 heterocycles. The molecule has 0 aromatic heterocycles. The normalized spacial score (nSPS) is 19.5. The fourth-order valence-electron chi connectivity index (χ4n) is 3.47. The van der Waals surface area contributed by atoms with Crippen molar-refractivity contribution >= 4 is 17.4 Å². The first-order valence-electron chi connectivity index (χ1n) is 9.02. The van der Waals surface area contributed by atoms with E-state index in [-0.39, 0.29) is 11.1 Å². The van der Waals surface area contributed by atoms with Gasteiger partial charge in [-0.1, -0.05) is 42.0 Å². The number of rotatable bonds is 4. The molecule has 11 heteroatoms. The number of benzene rings is 2. The van der Waals surface area contributed by atoms with Gasteiger partial charge in [-0.2, -0.15) is 13.2 Å². The molecule has 2 aromatic carbocycles. The van der Waals surface area contributed by atoms with E-state index in [1.807, 2.05) is 0 Å². The van der Waals surface area contributed by atoms with Crippen LogP contribution in [0.3, 0.4) is 0 Å². The number of ether oxygens (including phenoxy) is 1. The molecule has 2 aromatic rings. The van der Waals surface area contributed by atoms with Crippen LogP contribution in [0.5, 0.6) is 5.75 Å². The van der Waals surface area contributed by atoms with Crippen LogP contribution in [0, 0.1) is 6.92 Å². The highest BCUT2D eigenvalue weighted by Crippen LogP contribution is 2.48. The molecule has 5 nitrogen and oxygen atoms in total. The smallest absolute Gasteiger partial charge is 0.477 e. The van der Waals surface area contributed by atoms with Crippen LogP contribution < -0.4 is 10.1 Å². The molecule has 1 amide bonds. The van der Waals surface area contributed by atoms with Crippen molar-refractivity contribution in [2.24, 2.45) is 0 Å². The van der Waals surface area contributed by atoms with E-state index in [9.17, 15) is 41.0 Å². The first-order valence-corrected chi connectivity index (χ1v) is 9.02. The summed E-state index contributed by atoms with van der Waals surface area (Å²) < 4.78 is 83.7. The number of carbonyl (C=O) groups excluding carboxylic acids is 1. The molecule has 2 N–H and O–H groups in total. The molecule has 0 fully saturated rings. The molecule has 0 bridgehead atoms. The second-order valence-electron chi connectivity index (χ2n) is 7.13.